The molecule has 7 rings (SSSR count). The first-order valence-corrected chi connectivity index (χ1v) is 18.2. The number of nitrogens with zero attached hydrogens (tertiary/aromatic N) is 1. The van der Waals surface area contributed by atoms with Crippen LogP contribution in [0.4, 0.5) is 17.1 Å². The van der Waals surface area contributed by atoms with Crippen molar-refractivity contribution in [3.05, 3.63) is 231 Å². The average Bonchev–Trinajstić information content (AvgIpc) is 3.31. The van der Waals surface area contributed by atoms with E-state index in [2.05, 4.69) is 94.9 Å². The van der Waals surface area contributed by atoms with Crippen LogP contribution in [-0.4, -0.2) is 0 Å². The van der Waals surface area contributed by atoms with Gasteiger partial charge in [-0.25, -0.2) is 0 Å². The van der Waals surface area contributed by atoms with Crippen LogP contribution in [0.3, 0.4) is 0 Å². The standard InChI is InChI=1S/C33H20.C24H15N/c1-5-25-9-17-29(18-10-25)33(30-19-11-26(6-2)12-20-30,31-21-13-27(7-3)14-22-31)32-23-15-28(8-4)16-24-32;1-4-19-7-13-22(14-8-19)25(23-15-9-20(5-2)10-16-23)24-17-11-21(6-3)12-18-24/h1-4,9-24H;1-3,7-18H. The first kappa shape index (κ1) is 39.0. The molecule has 0 unspecified atom stereocenters. The molecule has 58 heavy (non-hydrogen) atoms. The predicted octanol–water partition coefficient (Wildman–Crippen LogP) is 11.1. The highest BCUT2D eigenvalue weighted by molar-refractivity contribution is 5.77. The van der Waals surface area contributed by atoms with Gasteiger partial charge >= 0.3 is 0 Å². The molecule has 7 aromatic carbocycles. The molecule has 0 bridgehead atoms. The van der Waals surface area contributed by atoms with E-state index in [9.17, 15) is 0 Å². The number of hydrogen-bond donors (Lipinski definition) is 0. The van der Waals surface area contributed by atoms with Crippen LogP contribution in [0, 0.1) is 86.4 Å². The molecular formula is C57H35N. The first-order chi connectivity index (χ1) is 28.4. The van der Waals surface area contributed by atoms with E-state index in [4.69, 9.17) is 45.0 Å². The number of hydrogen-bond acceptors (Lipinski definition) is 1. The van der Waals surface area contributed by atoms with Crippen molar-refractivity contribution in [2.45, 2.75) is 5.41 Å². The van der Waals surface area contributed by atoms with Crippen molar-refractivity contribution in [2.75, 3.05) is 4.90 Å². The smallest absolute Gasteiger partial charge is 0.0701 e. The summed E-state index contributed by atoms with van der Waals surface area (Å²) in [7, 11) is 0. The van der Waals surface area contributed by atoms with Crippen molar-refractivity contribution in [3.8, 4) is 86.4 Å². The number of rotatable bonds is 7. The summed E-state index contributed by atoms with van der Waals surface area (Å²) in [5.41, 5.74) is 12.4. The molecule has 0 saturated carbocycles. The van der Waals surface area contributed by atoms with Gasteiger partial charge < -0.3 is 4.90 Å². The number of anilines is 3. The lowest BCUT2D eigenvalue weighted by Crippen LogP contribution is -2.31. The minimum atomic E-state index is -0.638. The lowest BCUT2D eigenvalue weighted by molar-refractivity contribution is 0.744. The molecule has 0 aromatic heterocycles. The Kier molecular flexibility index (Phi) is 12.1. The molecule has 0 aliphatic carbocycles. The van der Waals surface area contributed by atoms with Crippen molar-refractivity contribution in [1.29, 1.82) is 0 Å². The van der Waals surface area contributed by atoms with Gasteiger partial charge in [-0.2, -0.15) is 0 Å². The third-order valence-corrected chi connectivity index (χ3v) is 9.81. The molecule has 0 aliphatic heterocycles. The van der Waals surface area contributed by atoms with Crippen molar-refractivity contribution >= 4 is 17.1 Å². The summed E-state index contributed by atoms with van der Waals surface area (Å²) < 4.78 is 0. The van der Waals surface area contributed by atoms with Gasteiger partial charge in [0, 0.05) is 56.0 Å². The van der Waals surface area contributed by atoms with Crippen molar-refractivity contribution in [3.63, 3.8) is 0 Å². The third-order valence-electron chi connectivity index (χ3n) is 9.81. The van der Waals surface area contributed by atoms with Crippen molar-refractivity contribution < 1.29 is 0 Å². The Labute approximate surface area is 343 Å². The molecule has 0 saturated heterocycles. The van der Waals surface area contributed by atoms with E-state index in [0.29, 0.717) is 0 Å². The zero-order chi connectivity index (χ0) is 40.9. The highest BCUT2D eigenvalue weighted by atomic mass is 15.1. The fourth-order valence-corrected chi connectivity index (χ4v) is 6.83. The zero-order valence-electron chi connectivity index (χ0n) is 31.7. The van der Waals surface area contributed by atoms with Gasteiger partial charge in [-0.1, -0.05) is 90.0 Å². The quantitative estimate of drug-likeness (QED) is 0.116. The molecule has 0 spiro atoms. The van der Waals surface area contributed by atoms with Gasteiger partial charge in [0.05, 0.1) is 5.41 Å². The minimum absolute atomic E-state index is 0.638. The van der Waals surface area contributed by atoms with Crippen LogP contribution in [-0.2, 0) is 5.41 Å². The monoisotopic (exact) mass is 733 g/mol. The second kappa shape index (κ2) is 18.1. The zero-order valence-corrected chi connectivity index (χ0v) is 31.7. The van der Waals surface area contributed by atoms with E-state index < -0.39 is 5.41 Å². The fraction of sp³-hybridized carbons (Fsp3) is 0.0175. The van der Waals surface area contributed by atoms with Crippen LogP contribution in [0.25, 0.3) is 0 Å². The van der Waals surface area contributed by atoms with Crippen molar-refractivity contribution in [2.24, 2.45) is 0 Å². The molecule has 0 amide bonds. The van der Waals surface area contributed by atoms with E-state index >= 15 is 0 Å². The van der Waals surface area contributed by atoms with Gasteiger partial charge in [0.1, 0.15) is 0 Å². The number of terminal acetylenes is 7. The van der Waals surface area contributed by atoms with E-state index in [1.54, 1.807) is 0 Å². The van der Waals surface area contributed by atoms with Gasteiger partial charge in [-0.15, -0.1) is 45.0 Å². The Morgan fingerprint density at radius 1 is 0.241 bits per heavy atom. The van der Waals surface area contributed by atoms with E-state index in [-0.39, 0.29) is 0 Å². The molecule has 7 aromatic rings. The summed E-state index contributed by atoms with van der Waals surface area (Å²) in [6.45, 7) is 0. The summed E-state index contributed by atoms with van der Waals surface area (Å²) >= 11 is 0. The Hall–Kier alpha value is -8.74. The predicted molar refractivity (Wildman–Crippen MR) is 241 cm³/mol. The summed E-state index contributed by atoms with van der Waals surface area (Å²) in [5, 5.41) is 0. The largest absolute Gasteiger partial charge is 0.311 e. The lowest BCUT2D eigenvalue weighted by atomic mass is 9.65. The van der Waals surface area contributed by atoms with Crippen LogP contribution >= 0.6 is 0 Å². The van der Waals surface area contributed by atoms with Gasteiger partial charge in [-0.3, -0.25) is 0 Å². The normalized spacial score (nSPS) is 9.95. The summed E-state index contributed by atoms with van der Waals surface area (Å²) in [6, 6.07) is 55.9. The summed E-state index contributed by atoms with van der Waals surface area (Å²) in [6.07, 6.45) is 38.9. The average molecular weight is 734 g/mol. The first-order valence-electron chi connectivity index (χ1n) is 18.2. The van der Waals surface area contributed by atoms with E-state index in [1.807, 2.05) is 121 Å². The van der Waals surface area contributed by atoms with Gasteiger partial charge in [0.2, 0.25) is 0 Å². The maximum atomic E-state index is 5.63. The number of benzene rings is 7. The maximum Gasteiger partial charge on any atom is 0.0701 e. The highest BCUT2D eigenvalue weighted by Crippen LogP contribution is 2.45. The fourth-order valence-electron chi connectivity index (χ4n) is 6.83. The molecule has 268 valence electrons. The molecule has 0 fully saturated rings. The molecule has 1 heteroatoms. The van der Waals surface area contributed by atoms with E-state index in [0.717, 1.165) is 78.3 Å². The van der Waals surface area contributed by atoms with Crippen LogP contribution in [0.1, 0.15) is 61.2 Å². The topological polar surface area (TPSA) is 3.24 Å². The van der Waals surface area contributed by atoms with Crippen LogP contribution in [0.2, 0.25) is 0 Å². The third kappa shape index (κ3) is 8.17. The molecular weight excluding hydrogens is 699 g/mol. The lowest BCUT2D eigenvalue weighted by Gasteiger charge is -2.37. The summed E-state index contributed by atoms with van der Waals surface area (Å²) in [5.74, 6) is 18.7. The van der Waals surface area contributed by atoms with Gasteiger partial charge in [0.15, 0.2) is 0 Å². The molecule has 0 heterocycles. The molecule has 0 aliphatic rings. The van der Waals surface area contributed by atoms with Crippen LogP contribution < -0.4 is 4.90 Å². The molecule has 0 N–H and O–H groups in total. The highest BCUT2D eigenvalue weighted by Gasteiger charge is 2.38. The Bertz CT molecular complexity index is 2450. The molecule has 0 radical (unpaired) electrons. The SMILES string of the molecule is C#Cc1ccc(C(c2ccc(C#C)cc2)(c2ccc(C#C)cc2)c2ccc(C#C)cc2)cc1.C#Cc1ccc(N(c2ccc(C#C)cc2)c2ccc(C#C)cc2)cc1. The van der Waals surface area contributed by atoms with Crippen molar-refractivity contribution in [1.82, 2.24) is 0 Å². The van der Waals surface area contributed by atoms with Crippen LogP contribution in [0.5, 0.6) is 0 Å². The summed E-state index contributed by atoms with van der Waals surface area (Å²) in [4.78, 5) is 2.13. The van der Waals surface area contributed by atoms with Crippen LogP contribution in [0.15, 0.2) is 170 Å². The molecule has 0 atom stereocenters. The Balaban J connectivity index is 0.000000203. The Morgan fingerprint density at radius 3 is 0.552 bits per heavy atom. The second-order valence-corrected chi connectivity index (χ2v) is 13.0. The Morgan fingerprint density at radius 2 is 0.397 bits per heavy atom. The minimum Gasteiger partial charge on any atom is -0.311 e. The van der Waals surface area contributed by atoms with Gasteiger partial charge in [0.25, 0.3) is 0 Å². The maximum absolute atomic E-state index is 5.63. The second-order valence-electron chi connectivity index (χ2n) is 13.0. The molecule has 1 nitrogen and oxygen atoms in total. The van der Waals surface area contributed by atoms with Gasteiger partial charge in [-0.05, 0) is 144 Å². The van der Waals surface area contributed by atoms with E-state index in [1.165, 1.54) is 0 Å².